The van der Waals surface area contributed by atoms with Crippen LogP contribution in [0, 0.1) is 0 Å². The van der Waals surface area contributed by atoms with Gasteiger partial charge in [-0.1, -0.05) is 195 Å². The summed E-state index contributed by atoms with van der Waals surface area (Å²) in [5.41, 5.74) is 3.70. The van der Waals surface area contributed by atoms with Crippen LogP contribution in [0.5, 0.6) is 0 Å². The molecule has 0 N–H and O–H groups in total. The third kappa shape index (κ3) is 21.2. The minimum atomic E-state index is 1.15. The molecule has 1 aliphatic carbocycles. The lowest BCUT2D eigenvalue weighted by Crippen LogP contribution is -2.32. The zero-order chi connectivity index (χ0) is 39.7. The van der Waals surface area contributed by atoms with E-state index < -0.39 is 0 Å². The zero-order valence-corrected chi connectivity index (χ0v) is 38.5. The molecule has 0 unspecified atom stereocenters. The molecule has 1 aromatic rings. The zero-order valence-electron chi connectivity index (χ0n) is 37.7. The Kier molecular flexibility index (Phi) is 28.5. The van der Waals surface area contributed by atoms with Crippen LogP contribution < -0.4 is 14.8 Å². The second-order valence-electron chi connectivity index (χ2n) is 17.4. The van der Waals surface area contributed by atoms with Crippen molar-refractivity contribution in [3.05, 3.63) is 41.8 Å². The molecular formula is C52H90N3S+. The molecule has 4 heteroatoms. The van der Waals surface area contributed by atoms with Gasteiger partial charge in [-0.2, -0.15) is 0 Å². The van der Waals surface area contributed by atoms with Crippen LogP contribution in [0.1, 0.15) is 233 Å². The van der Waals surface area contributed by atoms with E-state index in [-0.39, 0.29) is 0 Å². The number of nitrogens with zero attached hydrogens (tertiary/aromatic N) is 3. The number of aromatic nitrogens is 1. The Balaban J connectivity index is 1.74. The molecule has 0 amide bonds. The van der Waals surface area contributed by atoms with E-state index in [1.54, 1.807) is 0 Å². The topological polar surface area (TPSA) is 19.1 Å². The van der Waals surface area contributed by atoms with Gasteiger partial charge in [0.15, 0.2) is 0 Å². The van der Waals surface area contributed by atoms with Gasteiger partial charge in [0.05, 0.1) is 20.8 Å². The predicted octanol–water partition coefficient (Wildman–Crippen LogP) is 16.5. The summed E-state index contributed by atoms with van der Waals surface area (Å²) in [5.74, 6) is 0. The van der Waals surface area contributed by atoms with Crippen LogP contribution in [0.2, 0.25) is 0 Å². The van der Waals surface area contributed by atoms with Crippen molar-refractivity contribution in [1.82, 2.24) is 9.56 Å². The Morgan fingerprint density at radius 2 is 0.857 bits per heavy atom. The quantitative estimate of drug-likeness (QED) is 0.0329. The molecule has 1 heterocycles. The monoisotopic (exact) mass is 789 g/mol. The number of rotatable bonds is 37. The molecular weight excluding hydrogens is 699 g/mol. The van der Waals surface area contributed by atoms with E-state index in [9.17, 15) is 0 Å². The first kappa shape index (κ1) is 48.4. The maximum atomic E-state index is 5.22. The maximum Gasteiger partial charge on any atom is 0.201 e. The van der Waals surface area contributed by atoms with Crippen LogP contribution >= 0.6 is 11.3 Å². The number of fused-ring (bicyclic) bond motifs is 2. The van der Waals surface area contributed by atoms with Crippen molar-refractivity contribution < 1.29 is 0 Å². The molecule has 0 atom stereocenters. The predicted molar refractivity (Wildman–Crippen MR) is 254 cm³/mol. The van der Waals surface area contributed by atoms with E-state index in [0.29, 0.717) is 0 Å². The van der Waals surface area contributed by atoms with Gasteiger partial charge >= 0.3 is 0 Å². The summed E-state index contributed by atoms with van der Waals surface area (Å²) in [6.45, 7) is 14.0. The minimum absolute atomic E-state index is 1.15. The molecule has 0 saturated carbocycles. The highest BCUT2D eigenvalue weighted by Crippen LogP contribution is 2.32. The van der Waals surface area contributed by atoms with E-state index >= 15 is 0 Å². The van der Waals surface area contributed by atoms with E-state index in [4.69, 9.17) is 4.98 Å². The fraction of sp³-hybridized carbons (Fsp3) is 0.769. The summed E-state index contributed by atoms with van der Waals surface area (Å²) in [7, 11) is 0. The third-order valence-corrected chi connectivity index (χ3v) is 13.3. The molecule has 0 fully saturated rings. The van der Waals surface area contributed by atoms with E-state index in [1.807, 2.05) is 11.3 Å². The third-order valence-electron chi connectivity index (χ3n) is 12.2. The molecule has 1 aliphatic heterocycles. The molecule has 0 radical (unpaired) electrons. The fourth-order valence-electron chi connectivity index (χ4n) is 8.48. The molecule has 3 nitrogen and oxygen atoms in total. The van der Waals surface area contributed by atoms with Crippen LogP contribution in [0.15, 0.2) is 36.4 Å². The van der Waals surface area contributed by atoms with Crippen LogP contribution in [0.3, 0.4) is 0 Å². The molecule has 3 rings (SSSR count). The number of hydrogen-bond acceptors (Lipinski definition) is 3. The van der Waals surface area contributed by atoms with E-state index in [2.05, 4.69) is 73.6 Å². The van der Waals surface area contributed by atoms with Crippen molar-refractivity contribution in [1.29, 1.82) is 0 Å². The van der Waals surface area contributed by atoms with E-state index in [0.717, 1.165) is 11.2 Å². The Morgan fingerprint density at radius 1 is 0.446 bits per heavy atom. The Hall–Kier alpha value is -1.94. The smallest absolute Gasteiger partial charge is 0.201 e. The summed E-state index contributed by atoms with van der Waals surface area (Å²) >= 11 is 1.96. The highest BCUT2D eigenvalue weighted by Gasteiger charge is 2.14. The summed E-state index contributed by atoms with van der Waals surface area (Å²) in [6.07, 6.45) is 44.1. The number of unbranched alkanes of at least 4 members (excludes halogenated alkanes) is 28. The first-order valence-electron chi connectivity index (χ1n) is 24.9. The highest BCUT2D eigenvalue weighted by atomic mass is 32.1. The van der Waals surface area contributed by atoms with Gasteiger partial charge in [0.1, 0.15) is 13.1 Å². The molecule has 0 spiro atoms. The number of benzene rings is 2. The molecule has 1 aromatic carbocycles. The van der Waals surface area contributed by atoms with Crippen molar-refractivity contribution >= 4 is 27.2 Å². The van der Waals surface area contributed by atoms with Crippen LogP contribution in [0.25, 0.3) is 20.8 Å². The number of hydrogen-bond donors (Lipinski definition) is 0. The Morgan fingerprint density at radius 3 is 1.30 bits per heavy atom. The van der Waals surface area contributed by atoms with Crippen molar-refractivity contribution in [2.75, 3.05) is 31.1 Å². The molecule has 0 saturated heterocycles. The SMILES string of the molecule is CCCCCCCCCCN(CCCCCCCCCC)c1ccc2nc3ccc(=[N+](CCCCCCCCCC)CCCCCCCCCC)cc-3sc2c1. The van der Waals surface area contributed by atoms with Crippen LogP contribution in [-0.2, 0) is 0 Å². The lowest BCUT2D eigenvalue weighted by Gasteiger charge is -2.25. The largest absolute Gasteiger partial charge is 0.371 e. The number of anilines is 1. The second kappa shape index (κ2) is 33.0. The molecule has 2 aliphatic rings. The van der Waals surface area contributed by atoms with Crippen molar-refractivity contribution in [2.24, 2.45) is 0 Å². The van der Waals surface area contributed by atoms with Crippen molar-refractivity contribution in [2.45, 2.75) is 233 Å². The van der Waals surface area contributed by atoms with Gasteiger partial charge in [0, 0.05) is 43.8 Å². The second-order valence-corrected chi connectivity index (χ2v) is 18.5. The molecule has 0 bridgehead atoms. The first-order valence-corrected chi connectivity index (χ1v) is 25.7. The van der Waals surface area contributed by atoms with Gasteiger partial charge in [0.25, 0.3) is 0 Å². The minimum Gasteiger partial charge on any atom is -0.371 e. The summed E-state index contributed by atoms with van der Waals surface area (Å²) in [5, 5.41) is 1.41. The van der Waals surface area contributed by atoms with Gasteiger partial charge in [-0.05, 0) is 49.9 Å². The lowest BCUT2D eigenvalue weighted by molar-refractivity contribution is 0.486. The van der Waals surface area contributed by atoms with E-state index in [1.165, 1.54) is 252 Å². The summed E-state index contributed by atoms with van der Waals surface area (Å²) < 4.78 is 4.05. The molecule has 0 aromatic heterocycles. The Bertz CT molecular complexity index is 1350. The van der Waals surface area contributed by atoms with Gasteiger partial charge in [-0.3, -0.25) is 0 Å². The standard InChI is InChI=1S/C52H90N3S/c1-5-9-13-17-21-25-29-33-41-54(42-34-30-26-22-18-14-10-6-2)47-37-39-49-51(45-47)56-52-46-48(38-40-50(52)53-49)55(43-35-31-27-23-19-15-11-7-3)44-36-32-28-24-20-16-12-8-4/h37-40,45-46H,5-36,41-44H2,1-4H3/q+1. The average molecular weight is 789 g/mol. The molecule has 56 heavy (non-hydrogen) atoms. The summed E-state index contributed by atoms with van der Waals surface area (Å²) in [6, 6.07) is 14.3. The van der Waals surface area contributed by atoms with Gasteiger partial charge in [-0.25, -0.2) is 9.56 Å². The van der Waals surface area contributed by atoms with Crippen LogP contribution in [0.4, 0.5) is 5.69 Å². The van der Waals surface area contributed by atoms with Crippen molar-refractivity contribution in [3.8, 4) is 10.6 Å². The average Bonchev–Trinajstić information content (AvgIpc) is 3.22. The maximum absolute atomic E-state index is 5.22. The van der Waals surface area contributed by atoms with Gasteiger partial charge in [-0.15, -0.1) is 11.3 Å². The van der Waals surface area contributed by atoms with Crippen molar-refractivity contribution in [3.63, 3.8) is 0 Å². The highest BCUT2D eigenvalue weighted by molar-refractivity contribution is 7.21. The van der Waals surface area contributed by atoms with Crippen LogP contribution in [-0.4, -0.2) is 31.2 Å². The first-order chi connectivity index (χ1) is 27.7. The lowest BCUT2D eigenvalue weighted by atomic mass is 10.1. The fourth-order valence-corrected chi connectivity index (χ4v) is 9.51. The van der Waals surface area contributed by atoms with Gasteiger partial charge < -0.3 is 4.90 Å². The molecule has 318 valence electrons. The normalized spacial score (nSPS) is 11.6. The Labute approximate surface area is 351 Å². The van der Waals surface area contributed by atoms with Gasteiger partial charge in [0.2, 0.25) is 5.36 Å². The summed E-state index contributed by atoms with van der Waals surface area (Å²) in [4.78, 5) is 9.27.